The van der Waals surface area contributed by atoms with Crippen molar-refractivity contribution >= 4 is 179 Å². The fraction of sp³-hybridized carbons (Fsp3) is 0.0417. The number of halogens is 10. The van der Waals surface area contributed by atoms with Gasteiger partial charge in [0.1, 0.15) is 29.1 Å². The lowest BCUT2D eigenvalue weighted by atomic mass is 10.0. The zero-order chi connectivity index (χ0) is 99.8. The van der Waals surface area contributed by atoms with Crippen LogP contribution in [0.4, 0.5) is 0 Å². The number of hydrogen-bond acceptors (Lipinski definition) is 5. The van der Waals surface area contributed by atoms with Crippen LogP contribution >= 0.6 is 125 Å². The fourth-order valence-corrected chi connectivity index (χ4v) is 20.3. The summed E-state index contributed by atoms with van der Waals surface area (Å²) in [5.74, 6) is 4.11. The monoisotopic (exact) mass is 2170 g/mol. The maximum Gasteiger partial charge on any atom is 0.140 e. The van der Waals surface area contributed by atoms with Gasteiger partial charge in [0.15, 0.2) is 0 Å². The van der Waals surface area contributed by atoms with Crippen molar-refractivity contribution < 1.29 is 0 Å². The Morgan fingerprint density at radius 1 is 0.200 bits per heavy atom. The smallest absolute Gasteiger partial charge is 0.140 e. The molecule has 0 spiro atoms. The van der Waals surface area contributed by atoms with Crippen LogP contribution in [0, 0.1) is 34.6 Å². The van der Waals surface area contributed by atoms with Crippen molar-refractivity contribution in [3.8, 4) is 170 Å². The molecule has 0 saturated carbocycles. The predicted molar refractivity (Wildman–Crippen MR) is 613 cm³/mol. The first kappa shape index (κ1) is 96.5. The number of imidazole rings is 5. The lowest BCUT2D eigenvalue weighted by Crippen LogP contribution is -1.84. The second kappa shape index (κ2) is 41.9. The van der Waals surface area contributed by atoms with Gasteiger partial charge in [-0.3, -0.25) is 0 Å². The van der Waals surface area contributed by atoms with E-state index in [0.717, 1.165) is 245 Å². The van der Waals surface area contributed by atoms with Crippen LogP contribution < -0.4 is 0 Å². The molecule has 710 valence electrons. The number of fused-ring (bicyclic) bond motifs is 5. The van der Waals surface area contributed by atoms with Crippen LogP contribution in [0.25, 0.3) is 224 Å². The molecule has 0 aliphatic heterocycles. The van der Waals surface area contributed by atoms with Gasteiger partial charge in [-0.25, -0.2) is 24.9 Å². The minimum Gasteiger partial charge on any atom is -0.360 e. The van der Waals surface area contributed by atoms with Crippen LogP contribution in [0.15, 0.2) is 373 Å². The molecular formula is C120H85Br2Cl8N15. The van der Waals surface area contributed by atoms with E-state index in [1.807, 2.05) is 255 Å². The third-order valence-corrected chi connectivity index (χ3v) is 28.2. The van der Waals surface area contributed by atoms with Gasteiger partial charge in [0.25, 0.3) is 0 Å². The Balaban J connectivity index is 0.000000107. The van der Waals surface area contributed by atoms with E-state index in [2.05, 4.69) is 226 Å². The Kier molecular flexibility index (Phi) is 27.9. The fourth-order valence-electron chi connectivity index (χ4n) is 18.3. The highest BCUT2D eigenvalue weighted by Gasteiger charge is 2.27. The number of aromatic amines is 10. The average Bonchev–Trinajstić information content (AvgIpc) is 1.62. The van der Waals surface area contributed by atoms with Crippen LogP contribution in [0.2, 0.25) is 40.2 Å². The van der Waals surface area contributed by atoms with E-state index in [1.165, 1.54) is 16.5 Å². The quantitative estimate of drug-likeness (QED) is 0.0483. The Morgan fingerprint density at radius 2 is 0.455 bits per heavy atom. The molecule has 25 heteroatoms. The number of aryl methyl sites for hydroxylation is 5. The van der Waals surface area contributed by atoms with E-state index >= 15 is 0 Å². The third-order valence-electron chi connectivity index (χ3n) is 25.3. The molecule has 145 heavy (non-hydrogen) atoms. The van der Waals surface area contributed by atoms with Crippen molar-refractivity contribution in [3.05, 3.63) is 442 Å². The van der Waals surface area contributed by atoms with E-state index in [9.17, 15) is 0 Å². The van der Waals surface area contributed by atoms with Gasteiger partial charge in [-0.1, -0.05) is 336 Å². The van der Waals surface area contributed by atoms with Crippen LogP contribution in [0.1, 0.15) is 28.2 Å². The Labute approximate surface area is 891 Å². The molecule has 15 nitrogen and oxygen atoms in total. The van der Waals surface area contributed by atoms with Gasteiger partial charge in [-0.15, -0.1) is 0 Å². The van der Waals surface area contributed by atoms with Crippen LogP contribution in [-0.4, -0.2) is 74.8 Å². The molecule has 0 saturated heterocycles. The van der Waals surface area contributed by atoms with Crippen molar-refractivity contribution in [3.63, 3.8) is 0 Å². The summed E-state index contributed by atoms with van der Waals surface area (Å²) in [6.07, 6.45) is 3.95. The molecule has 0 atom stereocenters. The van der Waals surface area contributed by atoms with Crippen LogP contribution in [0.3, 0.4) is 0 Å². The highest BCUT2D eigenvalue weighted by atomic mass is 79.9. The van der Waals surface area contributed by atoms with Gasteiger partial charge < -0.3 is 49.8 Å². The second-order valence-electron chi connectivity index (χ2n) is 35.1. The number of nitrogens with one attached hydrogen (secondary N) is 10. The lowest BCUT2D eigenvalue weighted by molar-refractivity contribution is 1.25. The molecule has 0 aliphatic rings. The maximum atomic E-state index is 6.27. The first-order chi connectivity index (χ1) is 70.5. The van der Waals surface area contributed by atoms with E-state index in [-0.39, 0.29) is 0 Å². The normalized spacial score (nSPS) is 11.3. The topological polar surface area (TPSA) is 222 Å². The van der Waals surface area contributed by atoms with Gasteiger partial charge in [0, 0.05) is 217 Å². The summed E-state index contributed by atoms with van der Waals surface area (Å²) in [5, 5.41) is 11.1. The minimum atomic E-state index is 0.667. The van der Waals surface area contributed by atoms with Gasteiger partial charge in [-0.2, -0.15) is 0 Å². The van der Waals surface area contributed by atoms with Crippen molar-refractivity contribution in [2.45, 2.75) is 34.6 Å². The number of para-hydroxylation sites is 3. The van der Waals surface area contributed by atoms with E-state index < -0.39 is 0 Å². The summed E-state index contributed by atoms with van der Waals surface area (Å²) >= 11 is 56.5. The third kappa shape index (κ3) is 20.7. The number of hydrogen-bond donors (Lipinski definition) is 10. The Morgan fingerprint density at radius 3 is 0.772 bits per heavy atom. The minimum absolute atomic E-state index is 0.667. The zero-order valence-electron chi connectivity index (χ0n) is 78.2. The molecule has 0 fully saturated rings. The van der Waals surface area contributed by atoms with Gasteiger partial charge >= 0.3 is 0 Å². The molecule has 0 aliphatic carbocycles. The summed E-state index contributed by atoms with van der Waals surface area (Å²) < 4.78 is 2.04. The number of rotatable bonds is 15. The SMILES string of the molecule is Cc1[nH]c2ccccc2c1-c1nc(-c2ccc(Cl)cc2)c(-c2ccc(Cl)cc2)[nH]1.Cc1[nH]c2ccccc2c1-c1nc(-c2cccc(Cl)c2)c(-c2cccc(Cl)c2)[nH]1.Cc1ccc(-c2nc(-c3c(C)[nH]c4ccccc34)[nH]c2-c2ccc(C)cc2)cc1.Clc1ccc(-c2nc(-c3c[nH]c4ccc(Br)cc34)[nH]c2-c2ccc(Cl)cc2)cc1.Clc1cccc(-c2nc(-c3c[nH]c4ccc(Br)cc34)[nH]c2-c2cccc(Cl)c2)c1. The summed E-state index contributed by atoms with van der Waals surface area (Å²) in [6, 6.07) is 116. The lowest BCUT2D eigenvalue weighted by Gasteiger charge is -2.04. The summed E-state index contributed by atoms with van der Waals surface area (Å²) in [5.41, 5.74) is 35.7. The number of nitrogens with zero attached hydrogens (tertiary/aromatic N) is 5. The molecule has 0 amide bonds. The van der Waals surface area contributed by atoms with E-state index in [0.29, 0.717) is 40.2 Å². The van der Waals surface area contributed by atoms with Gasteiger partial charge in [-0.05, 0) is 186 Å². The molecule has 25 aromatic rings. The largest absolute Gasteiger partial charge is 0.360 e. The zero-order valence-corrected chi connectivity index (χ0v) is 87.4. The molecule has 0 bridgehead atoms. The predicted octanol–water partition coefficient (Wildman–Crippen LogP) is 37.8. The second-order valence-corrected chi connectivity index (χ2v) is 40.5. The average molecular weight is 2180 g/mol. The summed E-state index contributed by atoms with van der Waals surface area (Å²) in [4.78, 5) is 59.8. The molecule has 0 unspecified atom stereocenters. The molecule has 10 N–H and O–H groups in total. The molecule has 15 aromatic carbocycles. The highest BCUT2D eigenvalue weighted by Crippen LogP contribution is 2.46. The highest BCUT2D eigenvalue weighted by molar-refractivity contribution is 9.10. The van der Waals surface area contributed by atoms with Crippen molar-refractivity contribution in [2.24, 2.45) is 0 Å². The molecule has 0 radical (unpaired) electrons. The summed E-state index contributed by atoms with van der Waals surface area (Å²) in [7, 11) is 0. The number of H-pyrrole nitrogens is 10. The van der Waals surface area contributed by atoms with E-state index in [4.69, 9.17) is 118 Å². The Bertz CT molecular complexity index is 8550. The standard InChI is InChI=1S/C26H23N3.2C24H17Cl2N3.2C23H14BrCl2N3/c1-16-8-12-19(13-9-16)24-25(20-14-10-17(2)11-15-20)29-26(28-24)23-18(3)27-22-7-5-4-6-21(22)23;1-14-21(19-10-2-3-11-20(19)27-14)24-28-22(15-6-4-8-17(25)12-15)23(29-24)16-7-5-9-18(26)13-16;1-14-21(19-4-2-3-5-20(19)27-14)24-28-22(15-6-10-17(25)11-7-15)23(29-24)16-8-12-18(26)13-9-16;24-15-5-10-20-18(11-15)19(12-27-20)23-28-21(13-1-6-16(25)7-2-13)22(29-23)14-3-8-17(26)9-4-14;24-15-7-8-20-18(11-15)19(12-27-20)23-28-21(13-3-1-5-16(25)9-13)22(29-23)14-4-2-6-17(26)10-14/h4-15,27H,1-3H3,(H,28,29);2*2-13,27H,1H3,(H,28,29);2*1-12,27H,(H,28,29). The molecule has 10 heterocycles. The first-order valence-electron chi connectivity index (χ1n) is 46.5. The molecule has 25 rings (SSSR count). The first-order valence-corrected chi connectivity index (χ1v) is 51.1. The summed E-state index contributed by atoms with van der Waals surface area (Å²) in [6.45, 7) is 10.5. The molecule has 10 aromatic heterocycles. The van der Waals surface area contributed by atoms with Gasteiger partial charge in [0.05, 0.1) is 56.9 Å². The number of aromatic nitrogens is 15. The van der Waals surface area contributed by atoms with Crippen LogP contribution in [-0.2, 0) is 0 Å². The maximum absolute atomic E-state index is 6.27. The Hall–Kier alpha value is -14.7. The molecular weight excluding hydrogens is 2090 g/mol. The van der Waals surface area contributed by atoms with E-state index in [1.54, 1.807) is 0 Å². The van der Waals surface area contributed by atoms with Crippen molar-refractivity contribution in [2.75, 3.05) is 0 Å². The van der Waals surface area contributed by atoms with Crippen molar-refractivity contribution in [1.29, 1.82) is 0 Å². The van der Waals surface area contributed by atoms with Crippen molar-refractivity contribution in [1.82, 2.24) is 74.8 Å². The van der Waals surface area contributed by atoms with Gasteiger partial charge in [0.2, 0.25) is 0 Å². The van der Waals surface area contributed by atoms with Crippen LogP contribution in [0.5, 0.6) is 0 Å². The number of benzene rings is 15.